The van der Waals surface area contributed by atoms with Gasteiger partial charge in [-0.15, -0.1) is 11.6 Å². The average Bonchev–Trinajstić information content (AvgIpc) is 2.42. The van der Waals surface area contributed by atoms with Gasteiger partial charge in [-0.25, -0.2) is 5.14 Å². The van der Waals surface area contributed by atoms with E-state index in [4.69, 9.17) is 26.0 Å². The van der Waals surface area contributed by atoms with E-state index in [0.717, 1.165) is 12.8 Å². The summed E-state index contributed by atoms with van der Waals surface area (Å²) >= 11 is 5.57. The van der Waals surface area contributed by atoms with E-state index in [0.29, 0.717) is 12.3 Å². The SMILES string of the molecule is CN1CC(=O)OB(C(C=CCCCCCl)OS(N)(=O)=O)OC(=O)C1. The molecule has 1 saturated heterocycles. The van der Waals surface area contributed by atoms with Gasteiger partial charge in [-0.05, 0) is 26.3 Å². The van der Waals surface area contributed by atoms with Crippen molar-refractivity contribution in [1.82, 2.24) is 4.90 Å². The molecule has 0 aromatic carbocycles. The zero-order valence-corrected chi connectivity index (χ0v) is 14.8. The smallest absolute Gasteiger partial charge is 0.496 e. The zero-order valence-electron chi connectivity index (χ0n) is 13.2. The second-order valence-electron chi connectivity index (χ2n) is 5.19. The topological polar surface area (TPSA) is 125 Å². The Morgan fingerprint density at radius 3 is 2.42 bits per heavy atom. The number of hydrogen-bond donors (Lipinski definition) is 1. The minimum absolute atomic E-state index is 0.146. The Morgan fingerprint density at radius 2 is 1.92 bits per heavy atom. The van der Waals surface area contributed by atoms with Crippen molar-refractivity contribution < 1.29 is 31.5 Å². The molecule has 136 valence electrons. The summed E-state index contributed by atoms with van der Waals surface area (Å²) in [5.74, 6) is -0.863. The van der Waals surface area contributed by atoms with Gasteiger partial charge in [0.15, 0.2) is 6.00 Å². The van der Waals surface area contributed by atoms with Gasteiger partial charge >= 0.3 is 29.4 Å². The molecule has 9 nitrogen and oxygen atoms in total. The summed E-state index contributed by atoms with van der Waals surface area (Å²) in [7, 11) is -4.35. The summed E-state index contributed by atoms with van der Waals surface area (Å²) in [5.41, 5.74) is 0. The monoisotopic (exact) mass is 382 g/mol. The van der Waals surface area contributed by atoms with Gasteiger partial charge < -0.3 is 9.31 Å². The maximum atomic E-state index is 11.7. The van der Waals surface area contributed by atoms with Gasteiger partial charge in [0.05, 0.1) is 13.1 Å². The lowest BCUT2D eigenvalue weighted by Crippen LogP contribution is -2.49. The van der Waals surface area contributed by atoms with Crippen LogP contribution in [0, 0.1) is 0 Å². The van der Waals surface area contributed by atoms with E-state index >= 15 is 0 Å². The lowest BCUT2D eigenvalue weighted by Gasteiger charge is -2.25. The number of carbonyl (C=O) groups excluding carboxylic acids is 2. The molecule has 24 heavy (non-hydrogen) atoms. The third kappa shape index (κ3) is 8.64. The standard InChI is InChI=1S/C12H20BClN2O7S/c1-16-8-11(17)21-13(22-12(18)9-16)10(23-24(15,19)20)6-4-2-3-5-7-14/h4,6,10H,2-3,5,7-9H2,1H3,(H2,15,19,20). The average molecular weight is 383 g/mol. The van der Waals surface area contributed by atoms with Crippen LogP contribution in [0.1, 0.15) is 19.3 Å². The minimum Gasteiger partial charge on any atom is -0.496 e. The van der Waals surface area contributed by atoms with Gasteiger partial charge in [0, 0.05) is 5.88 Å². The lowest BCUT2D eigenvalue weighted by atomic mass is 9.80. The molecule has 1 heterocycles. The van der Waals surface area contributed by atoms with Crippen molar-refractivity contribution in [3.05, 3.63) is 12.2 Å². The number of nitrogens with two attached hydrogens (primary N) is 1. The van der Waals surface area contributed by atoms with Crippen molar-refractivity contribution >= 4 is 41.0 Å². The van der Waals surface area contributed by atoms with Gasteiger partial charge in [-0.3, -0.25) is 18.7 Å². The second kappa shape index (κ2) is 9.99. The van der Waals surface area contributed by atoms with E-state index in [2.05, 4.69) is 4.18 Å². The Balaban J connectivity index is 2.85. The third-order valence-corrected chi connectivity index (χ3v) is 3.64. The molecule has 0 bridgehead atoms. The number of nitrogens with zero attached hydrogens (tertiary/aromatic N) is 1. The fourth-order valence-electron chi connectivity index (χ4n) is 1.90. The lowest BCUT2D eigenvalue weighted by molar-refractivity contribution is -0.146. The van der Waals surface area contributed by atoms with Crippen LogP contribution in [0.3, 0.4) is 0 Å². The van der Waals surface area contributed by atoms with E-state index in [-0.39, 0.29) is 13.1 Å². The summed E-state index contributed by atoms with van der Waals surface area (Å²) in [6, 6.07) is -1.37. The molecule has 0 aromatic heterocycles. The molecule has 1 aliphatic heterocycles. The summed E-state index contributed by atoms with van der Waals surface area (Å²) in [4.78, 5) is 24.8. The van der Waals surface area contributed by atoms with Crippen molar-refractivity contribution in [3.8, 4) is 0 Å². The van der Waals surface area contributed by atoms with Crippen LogP contribution < -0.4 is 5.14 Å². The number of hydrogen-bond acceptors (Lipinski definition) is 8. The highest BCUT2D eigenvalue weighted by Gasteiger charge is 2.41. The first-order chi connectivity index (χ1) is 11.2. The summed E-state index contributed by atoms with van der Waals surface area (Å²) in [6.07, 6.45) is 5.10. The highest BCUT2D eigenvalue weighted by Crippen LogP contribution is 2.11. The van der Waals surface area contributed by atoms with Crippen LogP contribution in [0.15, 0.2) is 12.2 Å². The van der Waals surface area contributed by atoms with Gasteiger partial charge in [0.25, 0.3) is 0 Å². The molecule has 0 radical (unpaired) electrons. The highest BCUT2D eigenvalue weighted by molar-refractivity contribution is 7.84. The Morgan fingerprint density at radius 1 is 1.33 bits per heavy atom. The van der Waals surface area contributed by atoms with Crippen molar-refractivity contribution in [3.63, 3.8) is 0 Å². The predicted octanol–water partition coefficient (Wildman–Crippen LogP) is -0.400. The second-order valence-corrected chi connectivity index (χ2v) is 6.74. The van der Waals surface area contributed by atoms with Crippen LogP contribution in [-0.4, -0.2) is 64.4 Å². The van der Waals surface area contributed by atoms with E-state index in [1.165, 1.54) is 18.0 Å². The Bertz CT molecular complexity index is 552. The third-order valence-electron chi connectivity index (χ3n) is 2.89. The Labute approximate surface area is 146 Å². The molecule has 0 amide bonds. The van der Waals surface area contributed by atoms with Crippen LogP contribution in [0.4, 0.5) is 0 Å². The van der Waals surface area contributed by atoms with Gasteiger partial charge in [-0.1, -0.05) is 12.2 Å². The van der Waals surface area contributed by atoms with Crippen LogP contribution in [-0.2, 0) is 33.4 Å². The fourth-order valence-corrected chi connectivity index (χ4v) is 2.55. The first kappa shape index (κ1) is 20.9. The van der Waals surface area contributed by atoms with Crippen molar-refractivity contribution in [1.29, 1.82) is 0 Å². The summed E-state index contributed by atoms with van der Waals surface area (Å²) in [6.45, 7) is -0.291. The maximum absolute atomic E-state index is 11.7. The molecule has 1 aliphatic rings. The molecule has 1 unspecified atom stereocenters. The van der Waals surface area contributed by atoms with Crippen LogP contribution in [0.25, 0.3) is 0 Å². The first-order valence-electron chi connectivity index (χ1n) is 7.22. The predicted molar refractivity (Wildman–Crippen MR) is 87.1 cm³/mol. The van der Waals surface area contributed by atoms with E-state index in [1.807, 2.05) is 0 Å². The molecule has 0 saturated carbocycles. The molecule has 0 spiro atoms. The Kier molecular flexibility index (Phi) is 8.70. The number of carbonyl (C=O) groups is 2. The van der Waals surface area contributed by atoms with Crippen molar-refractivity contribution in [2.24, 2.45) is 5.14 Å². The molecule has 1 fully saturated rings. The molecule has 1 atom stereocenters. The fraction of sp³-hybridized carbons (Fsp3) is 0.667. The van der Waals surface area contributed by atoms with Crippen molar-refractivity contribution in [2.45, 2.75) is 25.3 Å². The quantitative estimate of drug-likeness (QED) is 0.260. The number of halogens is 1. The van der Waals surface area contributed by atoms with Gasteiger partial charge in [-0.2, -0.15) is 8.42 Å². The molecular formula is C12H20BClN2O7S. The van der Waals surface area contributed by atoms with E-state index in [1.54, 1.807) is 6.08 Å². The molecule has 12 heteroatoms. The Hall–Kier alpha value is -1.14. The maximum Gasteiger partial charge on any atom is 0.635 e. The minimum atomic E-state index is -4.35. The molecule has 0 aromatic rings. The molecular weight excluding hydrogens is 362 g/mol. The molecule has 0 aliphatic carbocycles. The molecule has 1 rings (SSSR count). The summed E-state index contributed by atoms with van der Waals surface area (Å²) in [5, 5.41) is 4.87. The van der Waals surface area contributed by atoms with Crippen LogP contribution in [0.5, 0.6) is 0 Å². The van der Waals surface area contributed by atoms with E-state index in [9.17, 15) is 18.0 Å². The molecule has 2 N–H and O–H groups in total. The number of rotatable bonds is 8. The number of alkyl halides is 1. The summed E-state index contributed by atoms with van der Waals surface area (Å²) < 4.78 is 37.0. The van der Waals surface area contributed by atoms with Crippen molar-refractivity contribution in [2.75, 3.05) is 26.0 Å². The van der Waals surface area contributed by atoms with Gasteiger partial charge in [0.2, 0.25) is 0 Å². The number of allylic oxidation sites excluding steroid dienone is 1. The van der Waals surface area contributed by atoms with E-state index < -0.39 is 35.4 Å². The number of unbranched alkanes of at least 4 members (excludes halogenated alkanes) is 2. The van der Waals surface area contributed by atoms with Crippen LogP contribution in [0.2, 0.25) is 0 Å². The van der Waals surface area contributed by atoms with Crippen LogP contribution >= 0.6 is 11.6 Å². The largest absolute Gasteiger partial charge is 0.635 e. The number of likely N-dealkylation sites (N-methyl/N-ethyl adjacent to an activating group) is 1. The highest BCUT2D eigenvalue weighted by atomic mass is 35.5. The zero-order chi connectivity index (χ0) is 18.2. The first-order valence-corrected chi connectivity index (χ1v) is 9.23. The normalized spacial score (nSPS) is 18.9. The van der Waals surface area contributed by atoms with Gasteiger partial charge in [0.1, 0.15) is 0 Å².